The second kappa shape index (κ2) is 3.97. The molecular weight excluding hydrogens is 164 g/mol. The van der Waals surface area contributed by atoms with E-state index in [-0.39, 0.29) is 11.9 Å². The number of hydrogen-bond acceptors (Lipinski definition) is 2. The summed E-state index contributed by atoms with van der Waals surface area (Å²) in [6.07, 6.45) is 8.64. The Labute approximate surface area is 80.6 Å². The van der Waals surface area contributed by atoms with E-state index in [0.717, 1.165) is 25.9 Å². The zero-order valence-electron chi connectivity index (χ0n) is 8.55. The van der Waals surface area contributed by atoms with Crippen LogP contribution in [0, 0.1) is 0 Å². The fourth-order valence-electron chi connectivity index (χ4n) is 2.51. The monoisotopic (exact) mass is 184 g/mol. The van der Waals surface area contributed by atoms with Crippen LogP contribution in [0.5, 0.6) is 0 Å². The molecule has 1 saturated carbocycles. The molecule has 0 bridgehead atoms. The Hall–Kier alpha value is -0.0800. The molecule has 2 heteroatoms. The summed E-state index contributed by atoms with van der Waals surface area (Å²) in [6.45, 7) is 3.09. The molecule has 13 heavy (non-hydrogen) atoms. The minimum atomic E-state index is 0.0943. The van der Waals surface area contributed by atoms with Crippen LogP contribution < -0.4 is 0 Å². The Bertz CT molecular complexity index is 159. The molecular formula is C11H20O2. The smallest absolute Gasteiger partial charge is 0.158 e. The SMILES string of the molecule is CCC[C@H]1OCCC2(CCCC2)O1. The molecule has 2 aliphatic rings. The van der Waals surface area contributed by atoms with E-state index in [9.17, 15) is 0 Å². The molecule has 2 nitrogen and oxygen atoms in total. The Morgan fingerprint density at radius 2 is 2.00 bits per heavy atom. The molecule has 1 heterocycles. The minimum absolute atomic E-state index is 0.0943. The molecule has 2 fully saturated rings. The van der Waals surface area contributed by atoms with Crippen LogP contribution >= 0.6 is 0 Å². The Morgan fingerprint density at radius 3 is 2.69 bits per heavy atom. The van der Waals surface area contributed by atoms with E-state index in [2.05, 4.69) is 6.92 Å². The molecule has 1 saturated heterocycles. The van der Waals surface area contributed by atoms with E-state index in [4.69, 9.17) is 9.47 Å². The van der Waals surface area contributed by atoms with Crippen molar-refractivity contribution in [2.75, 3.05) is 6.61 Å². The molecule has 1 spiro atoms. The van der Waals surface area contributed by atoms with Gasteiger partial charge in [0.1, 0.15) is 0 Å². The average Bonchev–Trinajstić information content (AvgIpc) is 2.54. The van der Waals surface area contributed by atoms with E-state index in [1.165, 1.54) is 25.7 Å². The van der Waals surface area contributed by atoms with Gasteiger partial charge in [-0.2, -0.15) is 0 Å². The van der Waals surface area contributed by atoms with E-state index >= 15 is 0 Å². The van der Waals surface area contributed by atoms with Crippen LogP contribution in [0.1, 0.15) is 51.9 Å². The van der Waals surface area contributed by atoms with Crippen LogP contribution in [0.2, 0.25) is 0 Å². The highest BCUT2D eigenvalue weighted by atomic mass is 16.7. The van der Waals surface area contributed by atoms with Gasteiger partial charge in [-0.25, -0.2) is 0 Å². The van der Waals surface area contributed by atoms with Gasteiger partial charge in [0.15, 0.2) is 6.29 Å². The lowest BCUT2D eigenvalue weighted by molar-refractivity contribution is -0.256. The average molecular weight is 184 g/mol. The maximum Gasteiger partial charge on any atom is 0.158 e. The predicted molar refractivity (Wildman–Crippen MR) is 51.5 cm³/mol. The third-order valence-electron chi connectivity index (χ3n) is 3.28. The first-order chi connectivity index (χ1) is 6.35. The third-order valence-corrected chi connectivity index (χ3v) is 3.28. The van der Waals surface area contributed by atoms with Crippen molar-refractivity contribution in [2.45, 2.75) is 63.8 Å². The summed E-state index contributed by atoms with van der Waals surface area (Å²) in [5.41, 5.74) is 0.220. The molecule has 0 unspecified atom stereocenters. The number of ether oxygens (including phenoxy) is 2. The zero-order chi connectivity index (χ0) is 9.15. The van der Waals surface area contributed by atoms with Gasteiger partial charge in [-0.05, 0) is 25.7 Å². The molecule has 0 radical (unpaired) electrons. The molecule has 0 aromatic rings. The second-order valence-electron chi connectivity index (χ2n) is 4.35. The molecule has 0 N–H and O–H groups in total. The van der Waals surface area contributed by atoms with Crippen molar-refractivity contribution in [2.24, 2.45) is 0 Å². The maximum atomic E-state index is 6.05. The summed E-state index contributed by atoms with van der Waals surface area (Å²) in [7, 11) is 0. The lowest BCUT2D eigenvalue weighted by atomic mass is 9.97. The predicted octanol–water partition coefficient (Wildman–Crippen LogP) is 2.86. The molecule has 76 valence electrons. The van der Waals surface area contributed by atoms with Crippen LogP contribution in [0.4, 0.5) is 0 Å². The van der Waals surface area contributed by atoms with Gasteiger partial charge in [0.2, 0.25) is 0 Å². The lowest BCUT2D eigenvalue weighted by Gasteiger charge is -2.38. The summed E-state index contributed by atoms with van der Waals surface area (Å²) in [6, 6.07) is 0. The van der Waals surface area contributed by atoms with Gasteiger partial charge in [-0.3, -0.25) is 0 Å². The molecule has 0 amide bonds. The summed E-state index contributed by atoms with van der Waals surface area (Å²) in [4.78, 5) is 0. The highest BCUT2D eigenvalue weighted by Crippen LogP contribution is 2.40. The minimum Gasteiger partial charge on any atom is -0.353 e. The van der Waals surface area contributed by atoms with Gasteiger partial charge in [-0.1, -0.05) is 26.2 Å². The first-order valence-electron chi connectivity index (χ1n) is 5.64. The summed E-state index contributed by atoms with van der Waals surface area (Å²) < 4.78 is 11.6. The van der Waals surface area contributed by atoms with Crippen molar-refractivity contribution in [1.82, 2.24) is 0 Å². The molecule has 0 aromatic heterocycles. The van der Waals surface area contributed by atoms with E-state index < -0.39 is 0 Å². The fourth-order valence-corrected chi connectivity index (χ4v) is 2.51. The summed E-state index contributed by atoms with van der Waals surface area (Å²) in [5, 5.41) is 0. The molecule has 1 aliphatic heterocycles. The van der Waals surface area contributed by atoms with Crippen LogP contribution in [0.3, 0.4) is 0 Å². The van der Waals surface area contributed by atoms with E-state index in [1.54, 1.807) is 0 Å². The van der Waals surface area contributed by atoms with Crippen molar-refractivity contribution in [3.8, 4) is 0 Å². The van der Waals surface area contributed by atoms with Gasteiger partial charge >= 0.3 is 0 Å². The summed E-state index contributed by atoms with van der Waals surface area (Å²) in [5.74, 6) is 0. The molecule has 1 atom stereocenters. The van der Waals surface area contributed by atoms with Crippen LogP contribution in [0.25, 0.3) is 0 Å². The normalized spacial score (nSPS) is 32.5. The lowest BCUT2D eigenvalue weighted by Crippen LogP contribution is -2.41. The molecule has 0 aromatic carbocycles. The Morgan fingerprint density at radius 1 is 1.23 bits per heavy atom. The van der Waals surface area contributed by atoms with Crippen LogP contribution in [-0.2, 0) is 9.47 Å². The first kappa shape index (κ1) is 9.47. The van der Waals surface area contributed by atoms with E-state index in [0.29, 0.717) is 0 Å². The largest absolute Gasteiger partial charge is 0.353 e. The third kappa shape index (κ3) is 2.05. The van der Waals surface area contributed by atoms with E-state index in [1.807, 2.05) is 0 Å². The van der Waals surface area contributed by atoms with Crippen LogP contribution in [-0.4, -0.2) is 18.5 Å². The van der Waals surface area contributed by atoms with Crippen molar-refractivity contribution in [3.05, 3.63) is 0 Å². The maximum absolute atomic E-state index is 6.05. The van der Waals surface area contributed by atoms with Gasteiger partial charge in [0.05, 0.1) is 12.2 Å². The van der Waals surface area contributed by atoms with Gasteiger partial charge in [0.25, 0.3) is 0 Å². The first-order valence-corrected chi connectivity index (χ1v) is 5.64. The molecule has 1 aliphatic carbocycles. The highest BCUT2D eigenvalue weighted by Gasteiger charge is 2.39. The Kier molecular flexibility index (Phi) is 2.89. The van der Waals surface area contributed by atoms with Crippen molar-refractivity contribution < 1.29 is 9.47 Å². The van der Waals surface area contributed by atoms with Gasteiger partial charge in [-0.15, -0.1) is 0 Å². The fraction of sp³-hybridized carbons (Fsp3) is 1.00. The van der Waals surface area contributed by atoms with Crippen molar-refractivity contribution in [3.63, 3.8) is 0 Å². The van der Waals surface area contributed by atoms with Gasteiger partial charge in [0, 0.05) is 0 Å². The number of hydrogen-bond donors (Lipinski definition) is 0. The molecule has 2 rings (SSSR count). The zero-order valence-corrected chi connectivity index (χ0v) is 8.55. The quantitative estimate of drug-likeness (QED) is 0.657. The van der Waals surface area contributed by atoms with Crippen LogP contribution in [0.15, 0.2) is 0 Å². The van der Waals surface area contributed by atoms with Crippen molar-refractivity contribution in [1.29, 1.82) is 0 Å². The highest BCUT2D eigenvalue weighted by molar-refractivity contribution is 4.88. The van der Waals surface area contributed by atoms with Crippen molar-refractivity contribution >= 4 is 0 Å². The second-order valence-corrected chi connectivity index (χ2v) is 4.35. The summed E-state index contributed by atoms with van der Waals surface area (Å²) >= 11 is 0. The van der Waals surface area contributed by atoms with Gasteiger partial charge < -0.3 is 9.47 Å². The topological polar surface area (TPSA) is 18.5 Å². The number of rotatable bonds is 2. The standard InChI is InChI=1S/C11H20O2/c1-2-5-10-12-9-8-11(13-10)6-3-4-7-11/h10H,2-9H2,1H3/t10-/m0/s1. The Balaban J connectivity index is 1.90.